The molecule has 2 aromatic rings. The fraction of sp³-hybridized carbons (Fsp3) is 0.333. The van der Waals surface area contributed by atoms with Gasteiger partial charge in [0.2, 0.25) is 11.7 Å². The summed E-state index contributed by atoms with van der Waals surface area (Å²) in [6.07, 6.45) is -0.559. The zero-order chi connectivity index (χ0) is 13.1. The number of ether oxygens (including phenoxy) is 1. The number of aromatic nitrogens is 2. The van der Waals surface area contributed by atoms with Crippen LogP contribution in [0.25, 0.3) is 0 Å². The van der Waals surface area contributed by atoms with Gasteiger partial charge in [-0.05, 0) is 24.6 Å². The van der Waals surface area contributed by atoms with E-state index in [0.29, 0.717) is 22.5 Å². The van der Waals surface area contributed by atoms with Crippen molar-refractivity contribution in [2.24, 2.45) is 0 Å². The fourth-order valence-corrected chi connectivity index (χ4v) is 1.68. The molecule has 1 heterocycles. The van der Waals surface area contributed by atoms with Gasteiger partial charge in [0, 0.05) is 6.92 Å². The van der Waals surface area contributed by atoms with Gasteiger partial charge >= 0.3 is 0 Å². The second kappa shape index (κ2) is 5.37. The quantitative estimate of drug-likeness (QED) is 0.923. The number of nitrogens with zero attached hydrogens (tertiary/aromatic N) is 2. The Morgan fingerprint density at radius 1 is 1.50 bits per heavy atom. The van der Waals surface area contributed by atoms with E-state index in [9.17, 15) is 5.11 Å². The molecule has 0 spiro atoms. The maximum atomic E-state index is 9.42. The van der Waals surface area contributed by atoms with Crippen LogP contribution in [0.1, 0.15) is 30.3 Å². The van der Waals surface area contributed by atoms with E-state index in [1.807, 2.05) is 0 Å². The molecule has 1 atom stereocenters. The molecule has 0 radical (unpaired) electrons. The summed E-state index contributed by atoms with van der Waals surface area (Å²) in [5.74, 6) is 1.47. The van der Waals surface area contributed by atoms with Crippen LogP contribution in [-0.4, -0.2) is 15.2 Å². The highest BCUT2D eigenvalue weighted by atomic mass is 35.5. The lowest BCUT2D eigenvalue weighted by molar-refractivity contribution is 0.199. The minimum absolute atomic E-state index is 0.186. The second-order valence-corrected chi connectivity index (χ2v) is 4.29. The fourth-order valence-electron chi connectivity index (χ4n) is 1.44. The molecule has 0 aliphatic heterocycles. The average Bonchev–Trinajstić information content (AvgIpc) is 2.73. The SMILES string of the molecule is Cc1nc(COc2ccc([C@H](C)O)cc2Cl)no1. The summed E-state index contributed by atoms with van der Waals surface area (Å²) < 4.78 is 10.3. The summed E-state index contributed by atoms with van der Waals surface area (Å²) in [4.78, 5) is 4.02. The molecular formula is C12H13ClN2O3. The van der Waals surface area contributed by atoms with Crippen LogP contribution in [0.15, 0.2) is 22.7 Å². The van der Waals surface area contributed by atoms with E-state index in [-0.39, 0.29) is 6.61 Å². The summed E-state index contributed by atoms with van der Waals surface area (Å²) in [7, 11) is 0. The first-order chi connectivity index (χ1) is 8.56. The molecule has 5 nitrogen and oxygen atoms in total. The smallest absolute Gasteiger partial charge is 0.223 e. The van der Waals surface area contributed by atoms with Gasteiger partial charge in [-0.1, -0.05) is 22.8 Å². The van der Waals surface area contributed by atoms with Crippen molar-refractivity contribution < 1.29 is 14.4 Å². The minimum atomic E-state index is -0.559. The third-order valence-electron chi connectivity index (χ3n) is 2.36. The molecule has 0 aliphatic carbocycles. The molecule has 0 bridgehead atoms. The largest absolute Gasteiger partial charge is 0.484 e. The van der Waals surface area contributed by atoms with Gasteiger partial charge in [-0.2, -0.15) is 4.98 Å². The highest BCUT2D eigenvalue weighted by Gasteiger charge is 2.08. The number of aliphatic hydroxyl groups excluding tert-OH is 1. The Bertz CT molecular complexity index is 540. The Balaban J connectivity index is 2.05. The van der Waals surface area contributed by atoms with E-state index in [2.05, 4.69) is 10.1 Å². The van der Waals surface area contributed by atoms with Gasteiger partial charge in [0.1, 0.15) is 5.75 Å². The summed E-state index contributed by atoms with van der Waals surface area (Å²) in [5.41, 5.74) is 0.739. The molecule has 1 N–H and O–H groups in total. The number of hydrogen-bond acceptors (Lipinski definition) is 5. The van der Waals surface area contributed by atoms with Gasteiger partial charge in [0.15, 0.2) is 6.61 Å². The number of benzene rings is 1. The van der Waals surface area contributed by atoms with Crippen molar-refractivity contribution in [3.05, 3.63) is 40.5 Å². The highest BCUT2D eigenvalue weighted by molar-refractivity contribution is 6.32. The molecule has 2 rings (SSSR count). The van der Waals surface area contributed by atoms with Crippen molar-refractivity contribution in [2.75, 3.05) is 0 Å². The van der Waals surface area contributed by atoms with Crippen LogP contribution in [-0.2, 0) is 6.61 Å². The van der Waals surface area contributed by atoms with Crippen molar-refractivity contribution in [3.8, 4) is 5.75 Å². The summed E-state index contributed by atoms with van der Waals surface area (Å²) >= 11 is 6.04. The number of rotatable bonds is 4. The lowest BCUT2D eigenvalue weighted by atomic mass is 10.1. The van der Waals surface area contributed by atoms with Gasteiger partial charge in [-0.3, -0.25) is 0 Å². The number of halogens is 1. The van der Waals surface area contributed by atoms with Gasteiger partial charge < -0.3 is 14.4 Å². The van der Waals surface area contributed by atoms with Crippen molar-refractivity contribution in [1.82, 2.24) is 10.1 Å². The van der Waals surface area contributed by atoms with Gasteiger partial charge in [-0.25, -0.2) is 0 Å². The van der Waals surface area contributed by atoms with Crippen molar-refractivity contribution in [2.45, 2.75) is 26.6 Å². The lowest BCUT2D eigenvalue weighted by Gasteiger charge is -2.09. The monoisotopic (exact) mass is 268 g/mol. The van der Waals surface area contributed by atoms with Crippen LogP contribution in [0.3, 0.4) is 0 Å². The predicted octanol–water partition coefficient (Wildman–Crippen LogP) is 2.66. The standard InChI is InChI=1S/C12H13ClN2O3/c1-7(16)9-3-4-11(10(13)5-9)17-6-12-14-8(2)18-15-12/h3-5,7,16H,6H2,1-2H3/t7-/m0/s1. The van der Waals surface area contributed by atoms with Gasteiger partial charge in [0.25, 0.3) is 0 Å². The molecule has 0 saturated heterocycles. The lowest BCUT2D eigenvalue weighted by Crippen LogP contribution is -1.99. The first kappa shape index (κ1) is 12.9. The summed E-state index contributed by atoms with van der Waals surface area (Å²) in [6, 6.07) is 5.13. The molecule has 0 saturated carbocycles. The Morgan fingerprint density at radius 3 is 2.83 bits per heavy atom. The molecule has 1 aromatic heterocycles. The third-order valence-corrected chi connectivity index (χ3v) is 2.66. The van der Waals surface area contributed by atoms with E-state index in [4.69, 9.17) is 20.9 Å². The Kier molecular flexibility index (Phi) is 3.84. The van der Waals surface area contributed by atoms with Gasteiger partial charge in [0.05, 0.1) is 11.1 Å². The van der Waals surface area contributed by atoms with Crippen molar-refractivity contribution in [1.29, 1.82) is 0 Å². The molecule has 18 heavy (non-hydrogen) atoms. The molecule has 0 unspecified atom stereocenters. The second-order valence-electron chi connectivity index (χ2n) is 3.88. The van der Waals surface area contributed by atoms with Gasteiger partial charge in [-0.15, -0.1) is 0 Å². The Hall–Kier alpha value is -1.59. The zero-order valence-electron chi connectivity index (χ0n) is 10.1. The average molecular weight is 269 g/mol. The highest BCUT2D eigenvalue weighted by Crippen LogP contribution is 2.28. The first-order valence-corrected chi connectivity index (χ1v) is 5.83. The molecular weight excluding hydrogens is 256 g/mol. The maximum absolute atomic E-state index is 9.42. The molecule has 0 aliphatic rings. The van der Waals surface area contributed by atoms with E-state index < -0.39 is 6.10 Å². The minimum Gasteiger partial charge on any atom is -0.484 e. The van der Waals surface area contributed by atoms with Crippen LogP contribution < -0.4 is 4.74 Å². The Labute approximate surface area is 109 Å². The summed E-state index contributed by atoms with van der Waals surface area (Å²) in [6.45, 7) is 3.57. The third kappa shape index (κ3) is 3.00. The van der Waals surface area contributed by atoms with Crippen LogP contribution in [0.2, 0.25) is 5.02 Å². The Morgan fingerprint density at radius 2 is 2.28 bits per heavy atom. The van der Waals surface area contributed by atoms with E-state index in [1.165, 1.54) is 0 Å². The molecule has 6 heteroatoms. The van der Waals surface area contributed by atoms with Crippen LogP contribution in [0.4, 0.5) is 0 Å². The van der Waals surface area contributed by atoms with E-state index in [0.717, 1.165) is 5.56 Å². The zero-order valence-corrected chi connectivity index (χ0v) is 10.8. The predicted molar refractivity (Wildman–Crippen MR) is 65.5 cm³/mol. The molecule has 96 valence electrons. The van der Waals surface area contributed by atoms with Crippen LogP contribution in [0.5, 0.6) is 5.75 Å². The maximum Gasteiger partial charge on any atom is 0.223 e. The number of hydrogen-bond donors (Lipinski definition) is 1. The molecule has 0 fully saturated rings. The van der Waals surface area contributed by atoms with Crippen LogP contribution >= 0.6 is 11.6 Å². The van der Waals surface area contributed by atoms with Crippen molar-refractivity contribution >= 4 is 11.6 Å². The number of aryl methyl sites for hydroxylation is 1. The van der Waals surface area contributed by atoms with Crippen LogP contribution in [0, 0.1) is 6.92 Å². The number of aliphatic hydroxyl groups is 1. The first-order valence-electron chi connectivity index (χ1n) is 5.46. The summed E-state index contributed by atoms with van der Waals surface area (Å²) in [5, 5.41) is 13.6. The molecule has 0 amide bonds. The van der Waals surface area contributed by atoms with Crippen molar-refractivity contribution in [3.63, 3.8) is 0 Å². The topological polar surface area (TPSA) is 68.4 Å². The van der Waals surface area contributed by atoms with E-state index >= 15 is 0 Å². The molecule has 1 aromatic carbocycles. The normalized spacial score (nSPS) is 12.4. The van der Waals surface area contributed by atoms with E-state index in [1.54, 1.807) is 32.0 Å².